The molecule has 0 saturated heterocycles. The first kappa shape index (κ1) is 21.1. The molecule has 2 aromatic heterocycles. The largest absolute Gasteiger partial charge is 0.438 e. The first-order chi connectivity index (χ1) is 15.7. The summed E-state index contributed by atoms with van der Waals surface area (Å²) in [5.74, 6) is 0.687. The van der Waals surface area contributed by atoms with E-state index in [9.17, 15) is 4.79 Å². The third-order valence-electron chi connectivity index (χ3n) is 4.79. The SMILES string of the molecule is C=CC(=O)Nc1cccc(Oc2ncnc3[nH]c(-c4ccc(NCCNC)cc4)cc23)c1. The standard InChI is InChI=1S/C24H24N6O2/c1-3-22(31)29-18-5-4-6-19(13-18)32-24-20-14-21(30-23(20)27-15-28-24)16-7-9-17(10-8-16)26-12-11-25-2/h3-10,13-15,25-26H,1,11-12H2,2H3,(H,29,31)(H,27,28,30). The van der Waals surface area contributed by atoms with Crippen LogP contribution >= 0.6 is 0 Å². The molecule has 8 heteroatoms. The molecule has 0 unspecified atom stereocenters. The lowest BCUT2D eigenvalue weighted by Crippen LogP contribution is -2.17. The summed E-state index contributed by atoms with van der Waals surface area (Å²) < 4.78 is 6.01. The number of nitrogens with one attached hydrogen (secondary N) is 4. The first-order valence-corrected chi connectivity index (χ1v) is 10.2. The van der Waals surface area contributed by atoms with Crippen molar-refractivity contribution in [1.29, 1.82) is 0 Å². The van der Waals surface area contributed by atoms with Gasteiger partial charge in [-0.1, -0.05) is 24.8 Å². The van der Waals surface area contributed by atoms with Crippen molar-refractivity contribution in [3.63, 3.8) is 0 Å². The maximum Gasteiger partial charge on any atom is 0.247 e. The van der Waals surface area contributed by atoms with Gasteiger partial charge in [0.05, 0.1) is 5.39 Å². The van der Waals surface area contributed by atoms with Gasteiger partial charge in [0, 0.05) is 36.2 Å². The number of likely N-dealkylation sites (N-methyl/N-ethyl adjacent to an activating group) is 1. The van der Waals surface area contributed by atoms with Gasteiger partial charge in [-0.2, -0.15) is 0 Å². The number of aromatic amines is 1. The van der Waals surface area contributed by atoms with Crippen LogP contribution in [0, 0.1) is 0 Å². The molecular weight excluding hydrogens is 404 g/mol. The predicted molar refractivity (Wildman–Crippen MR) is 127 cm³/mol. The van der Waals surface area contributed by atoms with Crippen LogP contribution in [-0.2, 0) is 4.79 Å². The van der Waals surface area contributed by atoms with E-state index in [1.165, 1.54) is 12.4 Å². The maximum atomic E-state index is 11.5. The van der Waals surface area contributed by atoms with Gasteiger partial charge in [0.2, 0.25) is 11.8 Å². The van der Waals surface area contributed by atoms with E-state index in [1.54, 1.807) is 24.3 Å². The summed E-state index contributed by atoms with van der Waals surface area (Å²) in [5.41, 5.74) is 4.29. The van der Waals surface area contributed by atoms with Crippen molar-refractivity contribution in [3.8, 4) is 22.9 Å². The Labute approximate surface area is 185 Å². The molecular formula is C24H24N6O2. The summed E-state index contributed by atoms with van der Waals surface area (Å²) in [6, 6.07) is 17.2. The van der Waals surface area contributed by atoms with Crippen molar-refractivity contribution in [2.75, 3.05) is 30.8 Å². The molecule has 2 heterocycles. The second kappa shape index (κ2) is 9.76. The van der Waals surface area contributed by atoms with Gasteiger partial charge in [0.15, 0.2) is 0 Å². The van der Waals surface area contributed by atoms with E-state index in [0.717, 1.165) is 35.4 Å². The lowest BCUT2D eigenvalue weighted by Gasteiger charge is -2.07. The van der Waals surface area contributed by atoms with Gasteiger partial charge in [0.25, 0.3) is 0 Å². The van der Waals surface area contributed by atoms with Gasteiger partial charge in [-0.3, -0.25) is 4.79 Å². The number of benzene rings is 2. The van der Waals surface area contributed by atoms with Crippen LogP contribution in [0.3, 0.4) is 0 Å². The lowest BCUT2D eigenvalue weighted by atomic mass is 10.1. The quantitative estimate of drug-likeness (QED) is 0.236. The van der Waals surface area contributed by atoms with Crippen LogP contribution in [0.25, 0.3) is 22.3 Å². The zero-order valence-corrected chi connectivity index (χ0v) is 17.7. The van der Waals surface area contributed by atoms with Crippen LogP contribution in [-0.4, -0.2) is 41.0 Å². The Kier molecular flexibility index (Phi) is 6.43. The molecule has 0 fully saturated rings. The van der Waals surface area contributed by atoms with E-state index in [-0.39, 0.29) is 5.91 Å². The van der Waals surface area contributed by atoms with Gasteiger partial charge in [0.1, 0.15) is 17.7 Å². The van der Waals surface area contributed by atoms with Gasteiger partial charge in [-0.25, -0.2) is 9.97 Å². The molecule has 4 rings (SSSR count). The van der Waals surface area contributed by atoms with Crippen LogP contribution in [0.15, 0.2) is 73.6 Å². The summed E-state index contributed by atoms with van der Waals surface area (Å²) in [7, 11) is 1.93. The monoisotopic (exact) mass is 428 g/mol. The molecule has 0 aliphatic rings. The molecule has 4 N–H and O–H groups in total. The van der Waals surface area contributed by atoms with Crippen molar-refractivity contribution in [2.45, 2.75) is 0 Å². The summed E-state index contributed by atoms with van der Waals surface area (Å²) >= 11 is 0. The second-order valence-corrected chi connectivity index (χ2v) is 7.06. The highest BCUT2D eigenvalue weighted by Crippen LogP contribution is 2.31. The number of rotatable bonds is 9. The number of aromatic nitrogens is 3. The third-order valence-corrected chi connectivity index (χ3v) is 4.79. The minimum Gasteiger partial charge on any atom is -0.438 e. The molecule has 0 spiro atoms. The number of hydrogen-bond acceptors (Lipinski definition) is 6. The number of H-pyrrole nitrogens is 1. The van der Waals surface area contributed by atoms with Gasteiger partial charge < -0.3 is 25.7 Å². The van der Waals surface area contributed by atoms with Crippen LogP contribution in [0.5, 0.6) is 11.6 Å². The highest BCUT2D eigenvalue weighted by molar-refractivity contribution is 5.99. The molecule has 32 heavy (non-hydrogen) atoms. The molecule has 0 aliphatic carbocycles. The topological polar surface area (TPSA) is 104 Å². The van der Waals surface area contributed by atoms with Crippen LogP contribution in [0.2, 0.25) is 0 Å². The highest BCUT2D eigenvalue weighted by Gasteiger charge is 2.12. The van der Waals surface area contributed by atoms with Crippen LogP contribution in [0.1, 0.15) is 0 Å². The Bertz CT molecular complexity index is 1230. The Balaban J connectivity index is 1.56. The van der Waals surface area contributed by atoms with Crippen molar-refractivity contribution in [3.05, 3.63) is 73.6 Å². The minimum absolute atomic E-state index is 0.287. The van der Waals surface area contributed by atoms with Gasteiger partial charge in [-0.05, 0) is 49.0 Å². The van der Waals surface area contributed by atoms with Crippen molar-refractivity contribution in [1.82, 2.24) is 20.3 Å². The smallest absolute Gasteiger partial charge is 0.247 e. The summed E-state index contributed by atoms with van der Waals surface area (Å²) in [6.07, 6.45) is 2.67. The third kappa shape index (κ3) is 4.93. The second-order valence-electron chi connectivity index (χ2n) is 7.06. The van der Waals surface area contributed by atoms with E-state index >= 15 is 0 Å². The normalized spacial score (nSPS) is 10.7. The molecule has 0 bridgehead atoms. The zero-order chi connectivity index (χ0) is 22.3. The number of ether oxygens (including phenoxy) is 1. The number of amides is 1. The van der Waals surface area contributed by atoms with Gasteiger partial charge in [-0.15, -0.1) is 0 Å². The fourth-order valence-electron chi connectivity index (χ4n) is 3.20. The Morgan fingerprint density at radius 2 is 1.94 bits per heavy atom. The molecule has 0 radical (unpaired) electrons. The average Bonchev–Trinajstić information content (AvgIpc) is 3.25. The fraction of sp³-hybridized carbons (Fsp3) is 0.125. The number of carbonyl (C=O) groups is 1. The number of nitrogens with zero attached hydrogens (tertiary/aromatic N) is 2. The summed E-state index contributed by atoms with van der Waals surface area (Å²) in [4.78, 5) is 23.5. The van der Waals surface area contributed by atoms with E-state index in [1.807, 2.05) is 37.4 Å². The average molecular weight is 428 g/mol. The van der Waals surface area contributed by atoms with E-state index in [4.69, 9.17) is 4.74 Å². The molecule has 162 valence electrons. The lowest BCUT2D eigenvalue weighted by molar-refractivity contribution is -0.111. The van der Waals surface area contributed by atoms with Crippen LogP contribution in [0.4, 0.5) is 11.4 Å². The van der Waals surface area contributed by atoms with Gasteiger partial charge >= 0.3 is 0 Å². The summed E-state index contributed by atoms with van der Waals surface area (Å²) in [5, 5.41) is 9.95. The number of carbonyl (C=O) groups excluding carboxylic acids is 1. The fourth-order valence-corrected chi connectivity index (χ4v) is 3.20. The molecule has 4 aromatic rings. The van der Waals surface area contributed by atoms with Crippen molar-refractivity contribution >= 4 is 28.3 Å². The minimum atomic E-state index is -0.287. The number of anilines is 2. The Morgan fingerprint density at radius 3 is 2.72 bits per heavy atom. The van der Waals surface area contributed by atoms with Crippen molar-refractivity contribution < 1.29 is 9.53 Å². The molecule has 1 amide bonds. The molecule has 0 saturated carbocycles. The molecule has 0 atom stereocenters. The highest BCUT2D eigenvalue weighted by atomic mass is 16.5. The Morgan fingerprint density at radius 1 is 1.09 bits per heavy atom. The number of fused-ring (bicyclic) bond motifs is 1. The van der Waals surface area contributed by atoms with E-state index in [0.29, 0.717) is 23.0 Å². The predicted octanol–water partition coefficient (Wildman–Crippen LogP) is 4.17. The Hall–Kier alpha value is -4.17. The number of hydrogen-bond donors (Lipinski definition) is 4. The van der Waals surface area contributed by atoms with Crippen LogP contribution < -0.4 is 20.7 Å². The summed E-state index contributed by atoms with van der Waals surface area (Å²) in [6.45, 7) is 5.22. The molecule has 2 aromatic carbocycles. The van der Waals surface area contributed by atoms with E-state index in [2.05, 4.69) is 37.5 Å². The zero-order valence-electron chi connectivity index (χ0n) is 17.7. The molecule has 0 aliphatic heterocycles. The van der Waals surface area contributed by atoms with Crippen molar-refractivity contribution in [2.24, 2.45) is 0 Å². The maximum absolute atomic E-state index is 11.5. The molecule has 8 nitrogen and oxygen atoms in total. The van der Waals surface area contributed by atoms with E-state index < -0.39 is 0 Å². The first-order valence-electron chi connectivity index (χ1n) is 10.2.